The summed E-state index contributed by atoms with van der Waals surface area (Å²) in [7, 11) is 6.34. The third-order valence-electron chi connectivity index (χ3n) is 10.2. The minimum absolute atomic E-state index is 0.178. The Morgan fingerprint density at radius 2 is 0.925 bits per heavy atom. The van der Waals surface area contributed by atoms with Crippen molar-refractivity contribution in [2.75, 3.05) is 0 Å². The molecule has 0 aliphatic rings. The van der Waals surface area contributed by atoms with Crippen molar-refractivity contribution >= 4 is 56.9 Å². The van der Waals surface area contributed by atoms with Gasteiger partial charge < -0.3 is 19.0 Å². The van der Waals surface area contributed by atoms with Crippen molar-refractivity contribution < 1.29 is 9.84 Å². The van der Waals surface area contributed by atoms with Crippen molar-refractivity contribution in [1.29, 1.82) is 0 Å². The first-order valence-corrected chi connectivity index (χ1v) is 17.7. The van der Waals surface area contributed by atoms with E-state index in [1.54, 1.807) is 6.07 Å². The maximum atomic E-state index is 11.5. The largest absolute Gasteiger partial charge is 0.507 e. The van der Waals surface area contributed by atoms with Gasteiger partial charge in [0.05, 0.1) is 27.8 Å². The Kier molecular flexibility index (Phi) is 7.19. The number of hydrogen-bond donors (Lipinski definition) is 1. The van der Waals surface area contributed by atoms with E-state index in [9.17, 15) is 5.11 Å². The molecule has 0 aliphatic heterocycles. The van der Waals surface area contributed by atoms with Crippen LogP contribution in [0.5, 0.6) is 17.2 Å². The van der Waals surface area contributed by atoms with Crippen LogP contribution < -0.4 is 10.2 Å². The number of ether oxygens (including phenoxy) is 1. The summed E-state index contributed by atoms with van der Waals surface area (Å²) in [6.45, 7) is 0. The van der Waals surface area contributed by atoms with Gasteiger partial charge in [0.1, 0.15) is 25.1 Å². The standard InChI is InChI=1S/C48H31BN2O2/c49-42-18-5-10-23-48(42)53-36-28-33(27-35(30-36)51-45-21-8-3-16-39(45)40-17-4-9-22-46(40)51)41-29-32(24-25-47(41)52)31-12-11-13-34(26-31)50-43-19-6-1-14-37(43)38-15-2-7-20-44(38)50/h1-30,52H. The summed E-state index contributed by atoms with van der Waals surface area (Å²) in [5.41, 5.74) is 10.5. The van der Waals surface area contributed by atoms with Gasteiger partial charge in [-0.15, -0.1) is 0 Å². The smallest absolute Gasteiger partial charge is 0.130 e. The zero-order valence-corrected chi connectivity index (χ0v) is 28.6. The van der Waals surface area contributed by atoms with Crippen LogP contribution in [-0.2, 0) is 0 Å². The molecule has 0 saturated heterocycles. The lowest BCUT2D eigenvalue weighted by Gasteiger charge is -2.16. The molecule has 0 amide bonds. The average molecular weight is 679 g/mol. The average Bonchev–Trinajstić information content (AvgIpc) is 3.72. The molecule has 8 aromatic carbocycles. The number of para-hydroxylation sites is 5. The quantitative estimate of drug-likeness (QED) is 0.178. The molecule has 5 heteroatoms. The molecule has 0 atom stereocenters. The Hall–Kier alpha value is -6.98. The van der Waals surface area contributed by atoms with Crippen molar-refractivity contribution in [2.45, 2.75) is 0 Å². The van der Waals surface area contributed by atoms with Crippen LogP contribution >= 0.6 is 0 Å². The van der Waals surface area contributed by atoms with E-state index in [0.29, 0.717) is 22.5 Å². The van der Waals surface area contributed by atoms with E-state index in [4.69, 9.17) is 12.6 Å². The number of aromatic hydroxyl groups is 1. The Labute approximate surface area is 307 Å². The zero-order chi connectivity index (χ0) is 35.5. The van der Waals surface area contributed by atoms with E-state index in [0.717, 1.165) is 60.9 Å². The van der Waals surface area contributed by atoms with Crippen LogP contribution in [-0.4, -0.2) is 22.1 Å². The highest BCUT2D eigenvalue weighted by molar-refractivity contribution is 6.34. The molecule has 0 unspecified atom stereocenters. The van der Waals surface area contributed by atoms with Gasteiger partial charge in [0.2, 0.25) is 0 Å². The predicted molar refractivity (Wildman–Crippen MR) is 220 cm³/mol. The first-order chi connectivity index (χ1) is 26.1. The summed E-state index contributed by atoms with van der Waals surface area (Å²) in [6.07, 6.45) is 0. The highest BCUT2D eigenvalue weighted by Gasteiger charge is 2.17. The van der Waals surface area contributed by atoms with Gasteiger partial charge in [-0.1, -0.05) is 115 Å². The molecule has 0 spiro atoms. The number of phenols is 1. The molecule has 0 saturated carbocycles. The van der Waals surface area contributed by atoms with Gasteiger partial charge in [0.15, 0.2) is 0 Å². The number of hydrogen-bond acceptors (Lipinski definition) is 2. The van der Waals surface area contributed by atoms with E-state index in [2.05, 4.69) is 143 Å². The molecule has 248 valence electrons. The molecule has 10 rings (SSSR count). The topological polar surface area (TPSA) is 39.3 Å². The van der Waals surface area contributed by atoms with Crippen LogP contribution in [0.1, 0.15) is 0 Å². The van der Waals surface area contributed by atoms with E-state index in [-0.39, 0.29) is 5.75 Å². The van der Waals surface area contributed by atoms with Crippen LogP contribution in [0.2, 0.25) is 0 Å². The monoisotopic (exact) mass is 678 g/mol. The minimum Gasteiger partial charge on any atom is -0.507 e. The van der Waals surface area contributed by atoms with E-state index in [1.165, 1.54) is 10.8 Å². The fourth-order valence-electron chi connectivity index (χ4n) is 7.80. The first kappa shape index (κ1) is 30.8. The third-order valence-corrected chi connectivity index (χ3v) is 10.2. The molecule has 4 nitrogen and oxygen atoms in total. The van der Waals surface area contributed by atoms with E-state index < -0.39 is 0 Å². The number of benzene rings is 8. The highest BCUT2D eigenvalue weighted by atomic mass is 16.5. The lowest BCUT2D eigenvalue weighted by molar-refractivity contribution is 0.477. The Balaban J connectivity index is 1.15. The molecule has 2 heterocycles. The second kappa shape index (κ2) is 12.4. The lowest BCUT2D eigenvalue weighted by Crippen LogP contribution is -2.05. The molecule has 10 aromatic rings. The number of nitrogens with zero attached hydrogens (tertiary/aromatic N) is 2. The second-order valence-electron chi connectivity index (χ2n) is 13.4. The molecule has 2 radical (unpaired) electrons. The molecule has 0 aliphatic carbocycles. The van der Waals surface area contributed by atoms with Gasteiger partial charge in [-0.3, -0.25) is 0 Å². The predicted octanol–water partition coefficient (Wildman–Crippen LogP) is 11.5. The van der Waals surface area contributed by atoms with Crippen LogP contribution in [0.4, 0.5) is 0 Å². The minimum atomic E-state index is 0.178. The van der Waals surface area contributed by atoms with Crippen molar-refractivity contribution in [1.82, 2.24) is 9.13 Å². The van der Waals surface area contributed by atoms with E-state index >= 15 is 0 Å². The maximum Gasteiger partial charge on any atom is 0.130 e. The fraction of sp³-hybridized carbons (Fsp3) is 0. The van der Waals surface area contributed by atoms with Crippen molar-refractivity contribution in [3.63, 3.8) is 0 Å². The summed E-state index contributed by atoms with van der Waals surface area (Å²) < 4.78 is 11.1. The number of fused-ring (bicyclic) bond motifs is 6. The summed E-state index contributed by atoms with van der Waals surface area (Å²) in [4.78, 5) is 0. The zero-order valence-electron chi connectivity index (χ0n) is 28.6. The number of phenolic OH excluding ortho intramolecular Hbond substituents is 1. The lowest BCUT2D eigenvalue weighted by atomic mass is 9.95. The molecule has 53 heavy (non-hydrogen) atoms. The molecule has 0 bridgehead atoms. The van der Waals surface area contributed by atoms with E-state index in [1.807, 2.05) is 42.5 Å². The van der Waals surface area contributed by atoms with Gasteiger partial charge in [0.25, 0.3) is 0 Å². The molecule has 1 N–H and O–H groups in total. The van der Waals surface area contributed by atoms with Crippen molar-refractivity contribution in [3.05, 3.63) is 182 Å². The summed E-state index contributed by atoms with van der Waals surface area (Å²) in [5.74, 6) is 1.35. The Morgan fingerprint density at radius 3 is 1.53 bits per heavy atom. The van der Waals surface area contributed by atoms with Crippen LogP contribution in [0.25, 0.3) is 77.2 Å². The fourth-order valence-corrected chi connectivity index (χ4v) is 7.80. The normalized spacial score (nSPS) is 11.5. The number of aromatic nitrogens is 2. The third kappa shape index (κ3) is 5.17. The van der Waals surface area contributed by atoms with Gasteiger partial charge >= 0.3 is 0 Å². The molecule has 0 fully saturated rings. The summed E-state index contributed by atoms with van der Waals surface area (Å²) in [5, 5.41) is 16.3. The first-order valence-electron chi connectivity index (χ1n) is 17.7. The van der Waals surface area contributed by atoms with Crippen LogP contribution in [0.15, 0.2) is 182 Å². The second-order valence-corrected chi connectivity index (χ2v) is 13.4. The molecular formula is C48H31BN2O2. The van der Waals surface area contributed by atoms with Crippen LogP contribution in [0, 0.1) is 0 Å². The van der Waals surface area contributed by atoms with Crippen molar-refractivity contribution in [3.8, 4) is 50.9 Å². The maximum absolute atomic E-state index is 11.5. The van der Waals surface area contributed by atoms with Crippen molar-refractivity contribution in [2.24, 2.45) is 0 Å². The SMILES string of the molecule is [B]c1ccccc1Oc1cc(-c2cc(-c3cccc(-n4c5ccccc5c5ccccc54)c3)ccc2O)cc(-n2c3ccccc3c3ccccc32)c1. The molecule has 2 aromatic heterocycles. The van der Waals surface area contributed by atoms with Crippen LogP contribution in [0.3, 0.4) is 0 Å². The summed E-state index contributed by atoms with van der Waals surface area (Å²) >= 11 is 0. The van der Waals surface area contributed by atoms with Gasteiger partial charge in [-0.2, -0.15) is 0 Å². The number of rotatable bonds is 6. The van der Waals surface area contributed by atoms with Gasteiger partial charge in [-0.05, 0) is 83.4 Å². The molecular weight excluding hydrogens is 647 g/mol. The highest BCUT2D eigenvalue weighted by Crippen LogP contribution is 2.40. The Bertz CT molecular complexity index is 2920. The summed E-state index contributed by atoms with van der Waals surface area (Å²) in [6, 6.07) is 61.9. The van der Waals surface area contributed by atoms with Gasteiger partial charge in [0, 0.05) is 38.9 Å². The van der Waals surface area contributed by atoms with Gasteiger partial charge in [-0.25, -0.2) is 0 Å². The Morgan fingerprint density at radius 1 is 0.415 bits per heavy atom.